The molecule has 1 atom stereocenters. The number of nitrogens with zero attached hydrogens (tertiary/aromatic N) is 3. The van der Waals surface area contributed by atoms with Crippen LogP contribution >= 0.6 is 23.2 Å². The molecule has 0 saturated carbocycles. The number of aryl methyl sites for hydroxylation is 1. The van der Waals surface area contributed by atoms with E-state index < -0.39 is 0 Å². The lowest BCUT2D eigenvalue weighted by molar-refractivity contribution is 0.225. The van der Waals surface area contributed by atoms with Crippen molar-refractivity contribution in [2.24, 2.45) is 0 Å². The van der Waals surface area contributed by atoms with Gasteiger partial charge in [0, 0.05) is 42.0 Å². The highest BCUT2D eigenvalue weighted by Gasteiger charge is 2.25. The first kappa shape index (κ1) is 19.7. The number of hydrogen-bond donors (Lipinski definition) is 1. The van der Waals surface area contributed by atoms with Crippen LogP contribution in [0.15, 0.2) is 41.3 Å². The number of ether oxygens (including phenoxy) is 1. The molecule has 1 aromatic carbocycles. The van der Waals surface area contributed by atoms with E-state index in [2.05, 4.69) is 19.9 Å². The molecular formula is C21H20Cl2N4O2. The van der Waals surface area contributed by atoms with Gasteiger partial charge in [0.2, 0.25) is 0 Å². The van der Waals surface area contributed by atoms with Crippen LogP contribution in [0.25, 0.3) is 11.4 Å². The molecule has 6 nitrogen and oxygen atoms in total. The van der Waals surface area contributed by atoms with Crippen LogP contribution in [0, 0.1) is 13.8 Å². The fourth-order valence-electron chi connectivity index (χ4n) is 3.27. The van der Waals surface area contributed by atoms with E-state index in [-0.39, 0.29) is 11.7 Å². The summed E-state index contributed by atoms with van der Waals surface area (Å²) in [5.41, 5.74) is 1.99. The van der Waals surface area contributed by atoms with E-state index in [0.717, 1.165) is 36.6 Å². The van der Waals surface area contributed by atoms with Crippen molar-refractivity contribution in [1.29, 1.82) is 0 Å². The van der Waals surface area contributed by atoms with Crippen LogP contribution in [0.4, 0.5) is 5.82 Å². The summed E-state index contributed by atoms with van der Waals surface area (Å²) in [5, 5.41) is 0.991. The average molecular weight is 431 g/mol. The molecule has 1 saturated heterocycles. The SMILES string of the molecule is Cc1nc(-c2ccc(N3CCC(Oc4ccc(Cl)c(Cl)c4)C3)nc2)[nH]c(=O)c1C. The molecule has 29 heavy (non-hydrogen) atoms. The Balaban J connectivity index is 1.45. The van der Waals surface area contributed by atoms with Crippen molar-refractivity contribution in [3.05, 3.63) is 68.2 Å². The van der Waals surface area contributed by atoms with E-state index in [1.54, 1.807) is 25.3 Å². The number of H-pyrrole nitrogens is 1. The number of hydrogen-bond acceptors (Lipinski definition) is 5. The maximum Gasteiger partial charge on any atom is 0.254 e. The van der Waals surface area contributed by atoms with Crippen molar-refractivity contribution >= 4 is 29.0 Å². The van der Waals surface area contributed by atoms with Gasteiger partial charge in [0.1, 0.15) is 23.5 Å². The summed E-state index contributed by atoms with van der Waals surface area (Å²) >= 11 is 12.0. The molecule has 2 aromatic heterocycles. The first-order chi connectivity index (χ1) is 13.9. The lowest BCUT2D eigenvalue weighted by Gasteiger charge is -2.18. The van der Waals surface area contributed by atoms with Crippen LogP contribution in [0.1, 0.15) is 17.7 Å². The quantitative estimate of drug-likeness (QED) is 0.663. The molecule has 3 aromatic rings. The molecule has 1 N–H and O–H groups in total. The molecule has 3 heterocycles. The highest BCUT2D eigenvalue weighted by molar-refractivity contribution is 6.42. The van der Waals surface area contributed by atoms with E-state index in [0.29, 0.717) is 27.2 Å². The van der Waals surface area contributed by atoms with Gasteiger partial charge in [-0.2, -0.15) is 0 Å². The van der Waals surface area contributed by atoms with Gasteiger partial charge in [-0.05, 0) is 38.1 Å². The Kier molecular flexibility index (Phi) is 5.48. The van der Waals surface area contributed by atoms with E-state index in [4.69, 9.17) is 27.9 Å². The number of nitrogens with one attached hydrogen (secondary N) is 1. The van der Waals surface area contributed by atoms with E-state index in [1.165, 1.54) is 0 Å². The van der Waals surface area contributed by atoms with Gasteiger partial charge in [0.15, 0.2) is 0 Å². The molecule has 0 amide bonds. The zero-order valence-electron chi connectivity index (χ0n) is 16.1. The third-order valence-corrected chi connectivity index (χ3v) is 5.82. The zero-order chi connectivity index (χ0) is 20.5. The molecule has 8 heteroatoms. The second-order valence-corrected chi connectivity index (χ2v) is 7.89. The summed E-state index contributed by atoms with van der Waals surface area (Å²) < 4.78 is 6.03. The predicted molar refractivity (Wildman–Crippen MR) is 115 cm³/mol. The van der Waals surface area contributed by atoms with Crippen LogP contribution < -0.4 is 15.2 Å². The van der Waals surface area contributed by atoms with Crippen LogP contribution in [-0.4, -0.2) is 34.1 Å². The Morgan fingerprint density at radius 2 is 2.00 bits per heavy atom. The highest BCUT2D eigenvalue weighted by Crippen LogP contribution is 2.29. The third kappa shape index (κ3) is 4.23. The topological polar surface area (TPSA) is 71.1 Å². The number of pyridine rings is 1. The third-order valence-electron chi connectivity index (χ3n) is 5.08. The molecule has 1 aliphatic rings. The Labute approximate surface area is 178 Å². The van der Waals surface area contributed by atoms with Crippen LogP contribution in [-0.2, 0) is 0 Å². The van der Waals surface area contributed by atoms with E-state index >= 15 is 0 Å². The van der Waals surface area contributed by atoms with Gasteiger partial charge in [0.25, 0.3) is 5.56 Å². The zero-order valence-corrected chi connectivity index (χ0v) is 17.6. The number of halogens is 2. The number of anilines is 1. The Bertz CT molecular complexity index is 1100. The number of benzene rings is 1. The van der Waals surface area contributed by atoms with Crippen molar-refractivity contribution in [2.45, 2.75) is 26.4 Å². The van der Waals surface area contributed by atoms with Gasteiger partial charge in [-0.1, -0.05) is 23.2 Å². The maximum atomic E-state index is 12.0. The summed E-state index contributed by atoms with van der Waals surface area (Å²) in [5.74, 6) is 2.10. The van der Waals surface area contributed by atoms with Gasteiger partial charge in [0.05, 0.1) is 16.6 Å². The van der Waals surface area contributed by atoms with Gasteiger partial charge in [-0.15, -0.1) is 0 Å². The Morgan fingerprint density at radius 3 is 2.69 bits per heavy atom. The second kappa shape index (κ2) is 8.05. The number of aromatic amines is 1. The highest BCUT2D eigenvalue weighted by atomic mass is 35.5. The van der Waals surface area contributed by atoms with Crippen molar-refractivity contribution in [3.8, 4) is 17.1 Å². The van der Waals surface area contributed by atoms with Gasteiger partial charge in [-0.25, -0.2) is 9.97 Å². The van der Waals surface area contributed by atoms with Crippen molar-refractivity contribution < 1.29 is 4.74 Å². The van der Waals surface area contributed by atoms with E-state index in [1.807, 2.05) is 25.1 Å². The molecule has 1 unspecified atom stereocenters. The van der Waals surface area contributed by atoms with Gasteiger partial charge < -0.3 is 14.6 Å². The molecule has 0 bridgehead atoms. The standard InChI is InChI=1S/C21H20Cl2N4O2/c1-12-13(2)25-20(26-21(12)28)14-3-6-19(24-10-14)27-8-7-16(11-27)29-15-4-5-17(22)18(23)9-15/h3-6,9-10,16H,7-8,11H2,1-2H3,(H,25,26,28). The molecule has 150 valence electrons. The summed E-state index contributed by atoms with van der Waals surface area (Å²) in [6, 6.07) is 9.14. The van der Waals surface area contributed by atoms with E-state index in [9.17, 15) is 4.79 Å². The summed E-state index contributed by atoms with van der Waals surface area (Å²) in [6.07, 6.45) is 2.66. The fourth-order valence-corrected chi connectivity index (χ4v) is 3.56. The minimum Gasteiger partial charge on any atom is -0.488 e. The fraction of sp³-hybridized carbons (Fsp3) is 0.286. The first-order valence-corrected chi connectivity index (χ1v) is 10.1. The van der Waals surface area contributed by atoms with Crippen molar-refractivity contribution in [2.75, 3.05) is 18.0 Å². The molecule has 0 radical (unpaired) electrons. The van der Waals surface area contributed by atoms with Gasteiger partial charge >= 0.3 is 0 Å². The Morgan fingerprint density at radius 1 is 1.17 bits per heavy atom. The summed E-state index contributed by atoms with van der Waals surface area (Å²) in [4.78, 5) is 26.0. The maximum absolute atomic E-state index is 12.0. The lowest BCUT2D eigenvalue weighted by atomic mass is 10.2. The largest absolute Gasteiger partial charge is 0.488 e. The average Bonchev–Trinajstić information content (AvgIpc) is 3.17. The monoisotopic (exact) mass is 430 g/mol. The normalized spacial score (nSPS) is 16.3. The smallest absolute Gasteiger partial charge is 0.254 e. The molecule has 1 fully saturated rings. The minimum atomic E-state index is -0.126. The minimum absolute atomic E-state index is 0.0477. The van der Waals surface area contributed by atoms with Crippen LogP contribution in [0.3, 0.4) is 0 Å². The number of rotatable bonds is 4. The molecule has 1 aliphatic heterocycles. The second-order valence-electron chi connectivity index (χ2n) is 7.08. The van der Waals surface area contributed by atoms with Crippen molar-refractivity contribution in [1.82, 2.24) is 15.0 Å². The first-order valence-electron chi connectivity index (χ1n) is 9.31. The van der Waals surface area contributed by atoms with Crippen LogP contribution in [0.2, 0.25) is 10.0 Å². The molecule has 0 spiro atoms. The number of aromatic nitrogens is 3. The summed E-state index contributed by atoms with van der Waals surface area (Å²) in [7, 11) is 0. The van der Waals surface area contributed by atoms with Crippen LogP contribution in [0.5, 0.6) is 5.75 Å². The Hall–Kier alpha value is -2.57. The molecule has 0 aliphatic carbocycles. The predicted octanol–water partition coefficient (Wildman–Crippen LogP) is 4.41. The summed E-state index contributed by atoms with van der Waals surface area (Å²) in [6.45, 7) is 5.16. The van der Waals surface area contributed by atoms with Crippen molar-refractivity contribution in [3.63, 3.8) is 0 Å². The lowest BCUT2D eigenvalue weighted by Crippen LogP contribution is -2.25. The van der Waals surface area contributed by atoms with Gasteiger partial charge in [-0.3, -0.25) is 4.79 Å². The molecular weight excluding hydrogens is 411 g/mol. The molecule has 4 rings (SSSR count).